The minimum Gasteiger partial charge on any atom is -0.392 e. The molecule has 0 unspecified atom stereocenters. The van der Waals surface area contributed by atoms with Crippen molar-refractivity contribution in [1.82, 2.24) is 14.8 Å². The van der Waals surface area contributed by atoms with Gasteiger partial charge in [-0.15, -0.1) is 0 Å². The number of rotatable bonds is 8. The number of nitrogens with zero attached hydrogens (tertiary/aromatic N) is 4. The van der Waals surface area contributed by atoms with Gasteiger partial charge in [0.2, 0.25) is 0 Å². The molecule has 1 saturated heterocycles. The maximum atomic E-state index is 9.65. The maximum absolute atomic E-state index is 9.65. The zero-order chi connectivity index (χ0) is 21.8. The second-order valence-electron chi connectivity index (χ2n) is 9.21. The molecule has 31 heavy (non-hydrogen) atoms. The Morgan fingerprint density at radius 1 is 1.13 bits per heavy atom. The van der Waals surface area contributed by atoms with Gasteiger partial charge < -0.3 is 19.5 Å². The quantitative estimate of drug-likeness (QED) is 0.425. The van der Waals surface area contributed by atoms with E-state index in [1.165, 1.54) is 0 Å². The number of hydrogen-bond acceptors (Lipinski definition) is 6. The molecular weight excluding hydrogens is 408 g/mol. The first kappa shape index (κ1) is 21.9. The predicted octanol–water partition coefficient (Wildman–Crippen LogP) is 3.74. The first-order valence-corrected chi connectivity index (χ1v) is 14.6. The van der Waals surface area contributed by atoms with Crippen molar-refractivity contribution in [3.8, 4) is 11.3 Å². The van der Waals surface area contributed by atoms with Crippen molar-refractivity contribution in [3.05, 3.63) is 42.1 Å². The molecule has 4 rings (SSSR count). The van der Waals surface area contributed by atoms with E-state index in [4.69, 9.17) is 14.6 Å². The van der Waals surface area contributed by atoms with Crippen LogP contribution in [-0.4, -0.2) is 60.9 Å². The molecule has 7 nitrogen and oxygen atoms in total. The predicted molar refractivity (Wildman–Crippen MR) is 126 cm³/mol. The van der Waals surface area contributed by atoms with E-state index in [2.05, 4.69) is 35.6 Å². The van der Waals surface area contributed by atoms with Gasteiger partial charge in [-0.25, -0.2) is 9.67 Å². The standard InChI is InChI=1S/C23H32N4O3Si/c1-31(2,3)13-12-30-17-27-21-5-4-18(16-28)14-20(21)23(25-27)19-6-7-24-22(15-19)26-8-10-29-11-9-26/h4-7,14-15,28H,8-13,16-17H2,1-3H3. The number of fused-ring (bicyclic) bond motifs is 1. The van der Waals surface area contributed by atoms with E-state index in [1.54, 1.807) is 0 Å². The SMILES string of the molecule is C[Si](C)(C)CCOCn1nc(-c2ccnc(N3CCOCC3)c2)c2cc(CO)ccc21. The summed E-state index contributed by atoms with van der Waals surface area (Å²) in [5.41, 5.74) is 3.77. The largest absolute Gasteiger partial charge is 0.392 e. The number of hydrogen-bond donors (Lipinski definition) is 1. The molecule has 1 fully saturated rings. The van der Waals surface area contributed by atoms with Crippen LogP contribution < -0.4 is 4.90 Å². The third-order valence-corrected chi connectivity index (χ3v) is 7.27. The van der Waals surface area contributed by atoms with Gasteiger partial charge >= 0.3 is 0 Å². The molecule has 2 aromatic heterocycles. The molecule has 1 aliphatic heterocycles. The highest BCUT2D eigenvalue weighted by molar-refractivity contribution is 6.76. The molecule has 166 valence electrons. The Bertz CT molecular complexity index is 1030. The molecular formula is C23H32N4O3Si. The van der Waals surface area contributed by atoms with Crippen molar-refractivity contribution in [2.24, 2.45) is 0 Å². The molecule has 1 aromatic carbocycles. The summed E-state index contributed by atoms with van der Waals surface area (Å²) in [5, 5.41) is 15.6. The number of benzene rings is 1. The Morgan fingerprint density at radius 3 is 2.68 bits per heavy atom. The van der Waals surface area contributed by atoms with E-state index in [1.807, 2.05) is 35.1 Å². The minimum atomic E-state index is -1.13. The lowest BCUT2D eigenvalue weighted by Crippen LogP contribution is -2.36. The minimum absolute atomic E-state index is 0.00262. The van der Waals surface area contributed by atoms with E-state index in [0.717, 1.165) is 72.5 Å². The maximum Gasteiger partial charge on any atom is 0.140 e. The molecule has 1 aliphatic rings. The van der Waals surface area contributed by atoms with Crippen LogP contribution in [0.5, 0.6) is 0 Å². The molecule has 0 atom stereocenters. The van der Waals surface area contributed by atoms with Crippen molar-refractivity contribution in [3.63, 3.8) is 0 Å². The Morgan fingerprint density at radius 2 is 1.94 bits per heavy atom. The number of aliphatic hydroxyl groups excluding tert-OH is 1. The van der Waals surface area contributed by atoms with Crippen molar-refractivity contribution in [2.45, 2.75) is 39.0 Å². The van der Waals surface area contributed by atoms with Crippen LogP contribution in [0.4, 0.5) is 5.82 Å². The first-order chi connectivity index (χ1) is 14.9. The smallest absolute Gasteiger partial charge is 0.140 e. The van der Waals surface area contributed by atoms with Crippen LogP contribution in [0.1, 0.15) is 5.56 Å². The highest BCUT2D eigenvalue weighted by Gasteiger charge is 2.17. The van der Waals surface area contributed by atoms with Gasteiger partial charge in [-0.05, 0) is 35.9 Å². The van der Waals surface area contributed by atoms with E-state index in [9.17, 15) is 5.11 Å². The van der Waals surface area contributed by atoms with Gasteiger partial charge in [0.25, 0.3) is 0 Å². The normalized spacial score (nSPS) is 15.0. The third kappa shape index (κ3) is 5.33. The highest BCUT2D eigenvalue weighted by atomic mass is 28.3. The molecule has 3 heterocycles. The average Bonchev–Trinajstić information content (AvgIpc) is 3.14. The van der Waals surface area contributed by atoms with E-state index in [-0.39, 0.29) is 6.61 Å². The molecule has 8 heteroatoms. The van der Waals surface area contributed by atoms with Crippen LogP contribution in [0.2, 0.25) is 25.7 Å². The van der Waals surface area contributed by atoms with Crippen molar-refractivity contribution >= 4 is 24.8 Å². The highest BCUT2D eigenvalue weighted by Crippen LogP contribution is 2.31. The lowest BCUT2D eigenvalue weighted by molar-refractivity contribution is 0.0818. The number of ether oxygens (including phenoxy) is 2. The van der Waals surface area contributed by atoms with Crippen LogP contribution in [0.15, 0.2) is 36.5 Å². The zero-order valence-corrected chi connectivity index (χ0v) is 19.7. The molecule has 1 N–H and O–H groups in total. The van der Waals surface area contributed by atoms with Gasteiger partial charge in [0.15, 0.2) is 0 Å². The van der Waals surface area contributed by atoms with Gasteiger partial charge in [0, 0.05) is 44.9 Å². The van der Waals surface area contributed by atoms with Gasteiger partial charge in [-0.1, -0.05) is 25.7 Å². The van der Waals surface area contributed by atoms with Crippen molar-refractivity contribution in [1.29, 1.82) is 0 Å². The summed E-state index contributed by atoms with van der Waals surface area (Å²) in [7, 11) is -1.13. The molecule has 0 radical (unpaired) electrons. The van der Waals surface area contributed by atoms with Gasteiger partial charge in [0.1, 0.15) is 18.2 Å². The van der Waals surface area contributed by atoms with Crippen LogP contribution in [0, 0.1) is 0 Å². The molecule has 0 bridgehead atoms. The number of pyridine rings is 1. The number of aliphatic hydroxyl groups is 1. The molecule has 0 saturated carbocycles. The number of aromatic nitrogens is 3. The Balaban J connectivity index is 1.65. The summed E-state index contributed by atoms with van der Waals surface area (Å²) in [4.78, 5) is 6.81. The van der Waals surface area contributed by atoms with E-state index >= 15 is 0 Å². The molecule has 0 amide bonds. The monoisotopic (exact) mass is 440 g/mol. The second kappa shape index (κ2) is 9.48. The second-order valence-corrected chi connectivity index (χ2v) is 14.8. The topological polar surface area (TPSA) is 72.6 Å². The van der Waals surface area contributed by atoms with Gasteiger partial charge in [-0.2, -0.15) is 5.10 Å². The van der Waals surface area contributed by atoms with Gasteiger partial charge in [0.05, 0.1) is 25.3 Å². The summed E-state index contributed by atoms with van der Waals surface area (Å²) < 4.78 is 13.4. The Labute approximate surface area is 184 Å². The summed E-state index contributed by atoms with van der Waals surface area (Å²) >= 11 is 0. The first-order valence-electron chi connectivity index (χ1n) is 10.9. The molecule has 0 aliphatic carbocycles. The summed E-state index contributed by atoms with van der Waals surface area (Å²) in [6, 6.07) is 11.2. The van der Waals surface area contributed by atoms with Crippen LogP contribution >= 0.6 is 0 Å². The fourth-order valence-electron chi connectivity index (χ4n) is 3.70. The summed E-state index contributed by atoms with van der Waals surface area (Å²) in [6.07, 6.45) is 1.84. The Hall–Kier alpha value is -2.26. The number of morpholine rings is 1. The van der Waals surface area contributed by atoms with Gasteiger partial charge in [-0.3, -0.25) is 0 Å². The van der Waals surface area contributed by atoms with Crippen LogP contribution in [0.25, 0.3) is 22.2 Å². The summed E-state index contributed by atoms with van der Waals surface area (Å²) in [5.74, 6) is 0.938. The van der Waals surface area contributed by atoms with E-state index in [0.29, 0.717) is 6.73 Å². The van der Waals surface area contributed by atoms with E-state index < -0.39 is 8.07 Å². The summed E-state index contributed by atoms with van der Waals surface area (Å²) in [6.45, 7) is 11.3. The number of anilines is 1. The fraction of sp³-hybridized carbons (Fsp3) is 0.478. The lowest BCUT2D eigenvalue weighted by atomic mass is 10.1. The van der Waals surface area contributed by atoms with Crippen LogP contribution in [0.3, 0.4) is 0 Å². The average molecular weight is 441 g/mol. The fourth-order valence-corrected chi connectivity index (χ4v) is 4.45. The third-order valence-electron chi connectivity index (χ3n) is 5.56. The molecule has 3 aromatic rings. The van der Waals surface area contributed by atoms with Crippen LogP contribution in [-0.2, 0) is 22.8 Å². The molecule has 0 spiro atoms. The van der Waals surface area contributed by atoms with Crippen molar-refractivity contribution in [2.75, 3.05) is 37.8 Å². The lowest BCUT2D eigenvalue weighted by Gasteiger charge is -2.27. The zero-order valence-electron chi connectivity index (χ0n) is 18.7. The van der Waals surface area contributed by atoms with Crippen molar-refractivity contribution < 1.29 is 14.6 Å². The Kier molecular flexibility index (Phi) is 6.71.